The first kappa shape index (κ1) is 31.9. The number of benzene rings is 2. The second-order valence-corrected chi connectivity index (χ2v) is 14.7. The van der Waals surface area contributed by atoms with Gasteiger partial charge in [0.25, 0.3) is 0 Å². The van der Waals surface area contributed by atoms with Gasteiger partial charge in [-0.3, -0.25) is 0 Å². The van der Waals surface area contributed by atoms with Crippen molar-refractivity contribution in [1.82, 2.24) is 0 Å². The maximum absolute atomic E-state index is 4.93. The molecule has 0 saturated carbocycles. The van der Waals surface area contributed by atoms with Crippen LogP contribution in [0.2, 0.25) is 13.1 Å². The molecule has 0 aliphatic carbocycles. The molecule has 0 bridgehead atoms. The van der Waals surface area contributed by atoms with Gasteiger partial charge in [0.15, 0.2) is 0 Å². The number of halogens is 4. The fraction of sp³-hybridized carbons (Fsp3) is 0.308. The standard InChI is InChI=1S/2C12H13BrN.C2H6Si.2ClH.Zr/c2*1-8-4-9-6-10(14(2)3)7-12(13)11(9)5-8;1-3-2;;;/h2*4-7H,1-3H3;1-2H3;2*1H;/q2*-1;;;;+4/p-2. The van der Waals surface area contributed by atoms with Crippen molar-refractivity contribution in [3.63, 3.8) is 0 Å². The van der Waals surface area contributed by atoms with E-state index < -0.39 is 20.8 Å². The second-order valence-electron chi connectivity index (χ2n) is 8.29. The van der Waals surface area contributed by atoms with Gasteiger partial charge in [0.1, 0.15) is 0 Å². The Morgan fingerprint density at radius 2 is 1.00 bits per heavy atom. The molecule has 0 unspecified atom stereocenters. The summed E-state index contributed by atoms with van der Waals surface area (Å²) < 4.78 is 2.35. The summed E-state index contributed by atoms with van der Waals surface area (Å²) in [5, 5.41) is 5.21. The van der Waals surface area contributed by atoms with Gasteiger partial charge in [-0.1, -0.05) is 58.8 Å². The summed E-state index contributed by atoms with van der Waals surface area (Å²) in [4.78, 5) is 4.24. The minimum absolute atomic E-state index is 0.826. The molecule has 34 heavy (non-hydrogen) atoms. The molecule has 0 amide bonds. The van der Waals surface area contributed by atoms with Gasteiger partial charge in [-0.15, -0.1) is 56.9 Å². The number of hydrogen-bond donors (Lipinski definition) is 0. The van der Waals surface area contributed by atoms with Crippen LogP contribution in [-0.2, 0) is 20.8 Å². The summed E-state index contributed by atoms with van der Waals surface area (Å²) in [6, 6.07) is 17.6. The quantitative estimate of drug-likeness (QED) is 0.150. The van der Waals surface area contributed by atoms with Crippen LogP contribution in [0.4, 0.5) is 11.4 Å². The van der Waals surface area contributed by atoms with Crippen LogP contribution in [0.5, 0.6) is 0 Å². The fourth-order valence-electron chi connectivity index (χ4n) is 3.34. The molecule has 0 aliphatic rings. The monoisotopic (exact) mass is 718 g/mol. The van der Waals surface area contributed by atoms with Crippen LogP contribution < -0.4 is 9.80 Å². The zero-order chi connectivity index (χ0) is 26.0. The topological polar surface area (TPSA) is 6.48 Å². The first-order chi connectivity index (χ1) is 16.0. The van der Waals surface area contributed by atoms with E-state index in [0.29, 0.717) is 0 Å². The molecule has 0 N–H and O–H groups in total. The number of fused-ring (bicyclic) bond motifs is 2. The van der Waals surface area contributed by atoms with Gasteiger partial charge in [0.2, 0.25) is 0 Å². The summed E-state index contributed by atoms with van der Waals surface area (Å²) in [6.45, 7) is 8.56. The van der Waals surface area contributed by atoms with Crippen molar-refractivity contribution in [2.24, 2.45) is 0 Å². The normalized spacial score (nSPS) is 9.76. The van der Waals surface area contributed by atoms with Crippen LogP contribution in [0.15, 0.2) is 57.5 Å². The number of rotatable bonds is 2. The average Bonchev–Trinajstić information content (AvgIpc) is 3.31. The summed E-state index contributed by atoms with van der Waals surface area (Å²) in [6.07, 6.45) is 0. The van der Waals surface area contributed by atoms with Crippen molar-refractivity contribution >= 4 is 91.3 Å². The van der Waals surface area contributed by atoms with Gasteiger partial charge in [-0.05, 0) is 32.5 Å². The van der Waals surface area contributed by atoms with Gasteiger partial charge in [0, 0.05) is 37.7 Å². The predicted molar refractivity (Wildman–Crippen MR) is 162 cm³/mol. The van der Waals surface area contributed by atoms with Crippen LogP contribution >= 0.6 is 48.9 Å². The van der Waals surface area contributed by atoms with Gasteiger partial charge < -0.3 is 9.80 Å². The van der Waals surface area contributed by atoms with Crippen LogP contribution in [0.25, 0.3) is 21.5 Å². The Morgan fingerprint density at radius 3 is 1.26 bits per heavy atom. The first-order valence-corrected chi connectivity index (χ1v) is 20.5. The summed E-state index contributed by atoms with van der Waals surface area (Å²) in [5.74, 6) is 0. The number of hydrogen-bond acceptors (Lipinski definition) is 2. The van der Waals surface area contributed by atoms with Crippen molar-refractivity contribution in [2.75, 3.05) is 38.0 Å². The first-order valence-electron chi connectivity index (χ1n) is 10.6. The molecular formula is C26H32Br2Cl2N2SiZr. The Hall–Kier alpha value is -0.1000. The molecule has 4 aromatic carbocycles. The van der Waals surface area contributed by atoms with Crippen LogP contribution in [0, 0.1) is 13.8 Å². The molecule has 4 aromatic rings. The zero-order valence-corrected chi connectivity index (χ0v) is 29.2. The van der Waals surface area contributed by atoms with Crippen LogP contribution in [0.3, 0.4) is 0 Å². The maximum atomic E-state index is 4.93. The Labute approximate surface area is 243 Å². The van der Waals surface area contributed by atoms with Crippen LogP contribution in [-0.4, -0.2) is 37.7 Å². The molecular weight excluding hydrogens is 690 g/mol. The SMILES string of the molecule is C[Si]C.Cc1cc2c(Br)cc(N(C)C)cc2[cH-]1.Cc1cc2c(Br)cc(N(C)C)cc2[cH-]1.[Cl][Zr+2][Cl]. The van der Waals surface area contributed by atoms with E-state index in [-0.39, 0.29) is 0 Å². The Morgan fingerprint density at radius 1 is 0.706 bits per heavy atom. The van der Waals surface area contributed by atoms with Crippen molar-refractivity contribution in [3.05, 3.63) is 68.6 Å². The molecule has 8 heteroatoms. The summed E-state index contributed by atoms with van der Waals surface area (Å²) in [5.41, 5.74) is 5.10. The van der Waals surface area contributed by atoms with E-state index in [1.165, 1.54) is 53.0 Å². The van der Waals surface area contributed by atoms with Crippen molar-refractivity contribution in [3.8, 4) is 0 Å². The molecule has 0 aromatic heterocycles. The summed E-state index contributed by atoms with van der Waals surface area (Å²) >= 11 is 6.38. The van der Waals surface area contributed by atoms with E-state index in [9.17, 15) is 0 Å². The molecule has 0 atom stereocenters. The second kappa shape index (κ2) is 15.9. The number of anilines is 2. The Balaban J connectivity index is 0.000000277. The van der Waals surface area contributed by atoms with Gasteiger partial charge >= 0.3 is 37.9 Å². The number of aryl methyl sites for hydroxylation is 2. The van der Waals surface area contributed by atoms with E-state index in [4.69, 9.17) is 17.0 Å². The predicted octanol–water partition coefficient (Wildman–Crippen LogP) is 9.55. The molecule has 4 rings (SSSR count). The molecule has 2 nitrogen and oxygen atoms in total. The molecule has 0 heterocycles. The van der Waals surface area contributed by atoms with Gasteiger partial charge in [0.05, 0.1) is 0 Å². The molecule has 0 spiro atoms. The van der Waals surface area contributed by atoms with Crippen molar-refractivity contribution in [1.29, 1.82) is 0 Å². The molecule has 0 aliphatic heterocycles. The van der Waals surface area contributed by atoms with E-state index in [0.717, 1.165) is 9.52 Å². The Bertz CT molecular complexity index is 1080. The third-order valence-electron chi connectivity index (χ3n) is 4.84. The minimum atomic E-state index is -0.826. The Kier molecular flexibility index (Phi) is 14.9. The van der Waals surface area contributed by atoms with Crippen molar-refractivity contribution < 1.29 is 20.8 Å². The fourth-order valence-corrected chi connectivity index (χ4v) is 4.49. The van der Waals surface area contributed by atoms with Gasteiger partial charge in [-0.25, -0.2) is 0 Å². The average molecular weight is 723 g/mol. The van der Waals surface area contributed by atoms with Crippen LogP contribution in [0.1, 0.15) is 11.1 Å². The third-order valence-corrected chi connectivity index (χ3v) is 6.15. The van der Waals surface area contributed by atoms with Gasteiger partial charge in [-0.2, -0.15) is 12.1 Å². The molecule has 2 radical (unpaired) electrons. The van der Waals surface area contributed by atoms with E-state index >= 15 is 0 Å². The third kappa shape index (κ3) is 9.75. The molecule has 0 fully saturated rings. The van der Waals surface area contributed by atoms with E-state index in [1.54, 1.807) is 0 Å². The number of nitrogens with zero attached hydrogens (tertiary/aromatic N) is 2. The van der Waals surface area contributed by atoms with E-state index in [2.05, 4.69) is 145 Å². The summed E-state index contributed by atoms with van der Waals surface area (Å²) in [7, 11) is 19.2. The van der Waals surface area contributed by atoms with E-state index in [1.807, 2.05) is 0 Å². The van der Waals surface area contributed by atoms with Crippen molar-refractivity contribution in [2.45, 2.75) is 26.9 Å². The molecule has 182 valence electrons. The molecule has 0 saturated heterocycles. The zero-order valence-electron chi connectivity index (χ0n) is 21.0.